The van der Waals surface area contributed by atoms with Crippen LogP contribution in [0.3, 0.4) is 0 Å². The molecule has 2 N–H and O–H groups in total. The van der Waals surface area contributed by atoms with E-state index in [1.165, 1.54) is 0 Å². The normalized spacial score (nSPS) is 24.2. The first-order chi connectivity index (χ1) is 10.1. The summed E-state index contributed by atoms with van der Waals surface area (Å²) in [6.45, 7) is 5.18. The number of carbonyl (C=O) groups is 2. The summed E-state index contributed by atoms with van der Waals surface area (Å²) < 4.78 is 5.43. The van der Waals surface area contributed by atoms with Crippen molar-refractivity contribution in [1.82, 2.24) is 9.80 Å². The fourth-order valence-electron chi connectivity index (χ4n) is 2.98. The number of hydrogen-bond acceptors (Lipinski definition) is 4. The number of ether oxygens (including phenoxy) is 1. The van der Waals surface area contributed by atoms with Gasteiger partial charge in [0.15, 0.2) is 0 Å². The zero-order valence-corrected chi connectivity index (χ0v) is 12.9. The third kappa shape index (κ3) is 4.41. The van der Waals surface area contributed by atoms with Crippen LogP contribution >= 0.6 is 0 Å². The Kier molecular flexibility index (Phi) is 5.99. The van der Waals surface area contributed by atoms with Gasteiger partial charge in [-0.25, -0.2) is 0 Å². The Bertz CT molecular complexity index is 361. The number of piperazine rings is 1. The van der Waals surface area contributed by atoms with Crippen LogP contribution in [-0.4, -0.2) is 66.5 Å². The Hall–Kier alpha value is -1.14. The van der Waals surface area contributed by atoms with Gasteiger partial charge in [-0.3, -0.25) is 9.59 Å². The number of carbonyl (C=O) groups excluding carboxylic acids is 2. The molecule has 2 aliphatic heterocycles. The minimum Gasteiger partial charge on any atom is -0.368 e. The van der Waals surface area contributed by atoms with Crippen LogP contribution in [0.1, 0.15) is 39.0 Å². The van der Waals surface area contributed by atoms with Crippen LogP contribution in [0.2, 0.25) is 0 Å². The van der Waals surface area contributed by atoms with Crippen LogP contribution in [0, 0.1) is 0 Å². The number of nitrogens with two attached hydrogens (primary N) is 1. The third-order valence-electron chi connectivity index (χ3n) is 4.25. The van der Waals surface area contributed by atoms with E-state index in [-0.39, 0.29) is 24.0 Å². The topological polar surface area (TPSA) is 75.9 Å². The van der Waals surface area contributed by atoms with Crippen LogP contribution in [0.4, 0.5) is 0 Å². The second-order valence-corrected chi connectivity index (χ2v) is 5.96. The van der Waals surface area contributed by atoms with Gasteiger partial charge in [0, 0.05) is 45.2 Å². The molecule has 0 bridgehead atoms. The van der Waals surface area contributed by atoms with E-state index in [4.69, 9.17) is 10.5 Å². The maximum atomic E-state index is 12.2. The first kappa shape index (κ1) is 16.2. The lowest BCUT2D eigenvalue weighted by Gasteiger charge is -2.36. The standard InChI is InChI=1S/C15H27N3O3/c1-2-4-12(16)11-14(19)17-6-8-18(9-7-17)15(20)13-5-3-10-21-13/h12-13H,2-11,16H2,1H3. The van der Waals surface area contributed by atoms with Gasteiger partial charge in [0.1, 0.15) is 6.10 Å². The summed E-state index contributed by atoms with van der Waals surface area (Å²) in [4.78, 5) is 28.0. The summed E-state index contributed by atoms with van der Waals surface area (Å²) >= 11 is 0. The molecular weight excluding hydrogens is 270 g/mol. The zero-order chi connectivity index (χ0) is 15.2. The van der Waals surface area contributed by atoms with Crippen molar-refractivity contribution in [2.24, 2.45) is 5.73 Å². The Balaban J connectivity index is 1.74. The quantitative estimate of drug-likeness (QED) is 0.794. The van der Waals surface area contributed by atoms with Gasteiger partial charge in [0.05, 0.1) is 0 Å². The Morgan fingerprint density at radius 2 is 1.90 bits per heavy atom. The van der Waals surface area contributed by atoms with Crippen molar-refractivity contribution in [3.63, 3.8) is 0 Å². The van der Waals surface area contributed by atoms with Crippen molar-refractivity contribution in [1.29, 1.82) is 0 Å². The molecule has 2 rings (SSSR count). The van der Waals surface area contributed by atoms with Gasteiger partial charge in [-0.15, -0.1) is 0 Å². The highest BCUT2D eigenvalue weighted by Gasteiger charge is 2.31. The molecule has 2 amide bonds. The summed E-state index contributed by atoms with van der Waals surface area (Å²) in [6.07, 6.45) is 3.81. The summed E-state index contributed by atoms with van der Waals surface area (Å²) in [5.74, 6) is 0.197. The van der Waals surface area contributed by atoms with Crippen molar-refractivity contribution in [2.45, 2.75) is 51.2 Å². The number of amides is 2. The monoisotopic (exact) mass is 297 g/mol. The fraction of sp³-hybridized carbons (Fsp3) is 0.867. The molecule has 0 aromatic rings. The lowest BCUT2D eigenvalue weighted by atomic mass is 10.1. The minimum atomic E-state index is -0.259. The molecule has 0 saturated carbocycles. The molecule has 0 aromatic carbocycles. The molecule has 0 radical (unpaired) electrons. The van der Waals surface area contributed by atoms with E-state index >= 15 is 0 Å². The van der Waals surface area contributed by atoms with E-state index in [0.717, 1.165) is 25.7 Å². The Labute approximate surface area is 126 Å². The first-order valence-corrected chi connectivity index (χ1v) is 8.05. The third-order valence-corrected chi connectivity index (χ3v) is 4.25. The van der Waals surface area contributed by atoms with Crippen LogP contribution in [0.25, 0.3) is 0 Å². The number of rotatable bonds is 5. The van der Waals surface area contributed by atoms with Gasteiger partial charge in [0.2, 0.25) is 5.91 Å². The van der Waals surface area contributed by atoms with Crippen molar-refractivity contribution < 1.29 is 14.3 Å². The minimum absolute atomic E-state index is 0.0472. The summed E-state index contributed by atoms with van der Waals surface area (Å²) in [5, 5.41) is 0. The summed E-state index contributed by atoms with van der Waals surface area (Å²) in [6, 6.07) is -0.0472. The van der Waals surface area contributed by atoms with Gasteiger partial charge in [-0.2, -0.15) is 0 Å². The van der Waals surface area contributed by atoms with Crippen molar-refractivity contribution in [3.05, 3.63) is 0 Å². The predicted octanol–water partition coefficient (Wildman–Crippen LogP) is 0.354. The highest BCUT2D eigenvalue weighted by atomic mass is 16.5. The van der Waals surface area contributed by atoms with Crippen LogP contribution < -0.4 is 5.73 Å². The molecule has 0 aliphatic carbocycles. The lowest BCUT2D eigenvalue weighted by molar-refractivity contribution is -0.146. The molecule has 2 fully saturated rings. The van der Waals surface area contributed by atoms with E-state index in [0.29, 0.717) is 39.2 Å². The maximum absolute atomic E-state index is 12.2. The Morgan fingerprint density at radius 1 is 1.24 bits per heavy atom. The number of nitrogens with zero attached hydrogens (tertiary/aromatic N) is 2. The van der Waals surface area contributed by atoms with Gasteiger partial charge in [0.25, 0.3) is 5.91 Å². The summed E-state index contributed by atoms with van der Waals surface area (Å²) in [7, 11) is 0. The molecule has 0 spiro atoms. The molecule has 6 nitrogen and oxygen atoms in total. The van der Waals surface area contributed by atoms with Crippen LogP contribution in [0.5, 0.6) is 0 Å². The highest BCUT2D eigenvalue weighted by molar-refractivity contribution is 5.82. The van der Waals surface area contributed by atoms with Crippen LogP contribution in [0.15, 0.2) is 0 Å². The maximum Gasteiger partial charge on any atom is 0.251 e. The van der Waals surface area contributed by atoms with Gasteiger partial charge in [-0.05, 0) is 19.3 Å². The van der Waals surface area contributed by atoms with E-state index in [1.807, 2.05) is 9.80 Å². The van der Waals surface area contributed by atoms with Gasteiger partial charge < -0.3 is 20.3 Å². The summed E-state index contributed by atoms with van der Waals surface area (Å²) in [5.41, 5.74) is 5.92. The Morgan fingerprint density at radius 3 is 2.48 bits per heavy atom. The van der Waals surface area contributed by atoms with E-state index in [9.17, 15) is 9.59 Å². The van der Waals surface area contributed by atoms with Gasteiger partial charge in [-0.1, -0.05) is 13.3 Å². The molecule has 2 unspecified atom stereocenters. The van der Waals surface area contributed by atoms with Crippen molar-refractivity contribution in [2.75, 3.05) is 32.8 Å². The van der Waals surface area contributed by atoms with E-state index in [1.54, 1.807) is 0 Å². The average Bonchev–Trinajstić information content (AvgIpc) is 3.01. The number of hydrogen-bond donors (Lipinski definition) is 1. The molecule has 6 heteroatoms. The molecule has 120 valence electrons. The molecule has 21 heavy (non-hydrogen) atoms. The second-order valence-electron chi connectivity index (χ2n) is 5.96. The van der Waals surface area contributed by atoms with Gasteiger partial charge >= 0.3 is 0 Å². The van der Waals surface area contributed by atoms with E-state index in [2.05, 4.69) is 6.92 Å². The first-order valence-electron chi connectivity index (χ1n) is 8.05. The molecule has 2 atom stereocenters. The van der Waals surface area contributed by atoms with Crippen LogP contribution in [-0.2, 0) is 14.3 Å². The predicted molar refractivity (Wildman–Crippen MR) is 79.6 cm³/mol. The molecule has 2 saturated heterocycles. The largest absolute Gasteiger partial charge is 0.368 e. The zero-order valence-electron chi connectivity index (χ0n) is 12.9. The second kappa shape index (κ2) is 7.75. The van der Waals surface area contributed by atoms with Crippen molar-refractivity contribution in [3.8, 4) is 0 Å². The fourth-order valence-corrected chi connectivity index (χ4v) is 2.98. The smallest absolute Gasteiger partial charge is 0.251 e. The molecule has 2 aliphatic rings. The molecular formula is C15H27N3O3. The lowest BCUT2D eigenvalue weighted by Crippen LogP contribution is -2.53. The van der Waals surface area contributed by atoms with Crippen molar-refractivity contribution >= 4 is 11.8 Å². The SMILES string of the molecule is CCCC(N)CC(=O)N1CCN(C(=O)C2CCCO2)CC1. The molecule has 2 heterocycles. The van der Waals surface area contributed by atoms with E-state index < -0.39 is 0 Å². The molecule has 0 aromatic heterocycles. The average molecular weight is 297 g/mol. The highest BCUT2D eigenvalue weighted by Crippen LogP contribution is 2.16.